The molecule has 0 saturated carbocycles. The molecule has 1 unspecified atom stereocenters. The standard InChI is InChI=1S/C6H10N4O2/c1-2-3-5(12-4-11)6-7-9-10-8-6/h4-5H,2-3H2,1H3,(H,7,8,9,10). The van der Waals surface area contributed by atoms with Crippen LogP contribution in [0.2, 0.25) is 0 Å². The van der Waals surface area contributed by atoms with Crippen molar-refractivity contribution < 1.29 is 9.53 Å². The minimum absolute atomic E-state index is 0.369. The average Bonchev–Trinajstić information content (AvgIpc) is 2.56. The summed E-state index contributed by atoms with van der Waals surface area (Å²) in [5, 5.41) is 13.1. The molecule has 1 heterocycles. The van der Waals surface area contributed by atoms with Crippen LogP contribution in [0.3, 0.4) is 0 Å². The Morgan fingerprint density at radius 1 is 1.75 bits per heavy atom. The van der Waals surface area contributed by atoms with E-state index < -0.39 is 0 Å². The van der Waals surface area contributed by atoms with Gasteiger partial charge in [-0.1, -0.05) is 18.6 Å². The molecule has 6 heteroatoms. The van der Waals surface area contributed by atoms with Crippen molar-refractivity contribution in [3.05, 3.63) is 5.82 Å². The molecule has 1 aromatic heterocycles. The fraction of sp³-hybridized carbons (Fsp3) is 0.667. The highest BCUT2D eigenvalue weighted by molar-refractivity contribution is 5.37. The van der Waals surface area contributed by atoms with Gasteiger partial charge in [0.05, 0.1) is 0 Å². The third kappa shape index (κ3) is 2.01. The molecule has 1 rings (SSSR count). The predicted molar refractivity (Wildman–Crippen MR) is 39.0 cm³/mol. The van der Waals surface area contributed by atoms with Gasteiger partial charge in [0.1, 0.15) is 0 Å². The lowest BCUT2D eigenvalue weighted by Gasteiger charge is -2.08. The van der Waals surface area contributed by atoms with Gasteiger partial charge in [-0.15, -0.1) is 10.2 Å². The highest BCUT2D eigenvalue weighted by Crippen LogP contribution is 2.16. The minimum Gasteiger partial charge on any atom is -0.456 e. The molecule has 1 N–H and O–H groups in total. The lowest BCUT2D eigenvalue weighted by Crippen LogP contribution is -2.05. The van der Waals surface area contributed by atoms with Crippen LogP contribution < -0.4 is 0 Å². The van der Waals surface area contributed by atoms with Gasteiger partial charge in [-0.3, -0.25) is 4.79 Å². The van der Waals surface area contributed by atoms with E-state index in [0.29, 0.717) is 18.7 Å². The van der Waals surface area contributed by atoms with Crippen LogP contribution in [-0.2, 0) is 9.53 Å². The van der Waals surface area contributed by atoms with Gasteiger partial charge in [0.25, 0.3) is 6.47 Å². The average molecular weight is 170 g/mol. The Kier molecular flexibility index (Phi) is 3.18. The zero-order chi connectivity index (χ0) is 8.81. The fourth-order valence-electron chi connectivity index (χ4n) is 0.893. The van der Waals surface area contributed by atoms with Crippen LogP contribution in [0.4, 0.5) is 0 Å². The summed E-state index contributed by atoms with van der Waals surface area (Å²) in [6.07, 6.45) is 1.23. The maximum Gasteiger partial charge on any atom is 0.293 e. The second-order valence-electron chi connectivity index (χ2n) is 2.28. The molecular weight excluding hydrogens is 160 g/mol. The summed E-state index contributed by atoms with van der Waals surface area (Å²) in [7, 11) is 0. The summed E-state index contributed by atoms with van der Waals surface area (Å²) >= 11 is 0. The van der Waals surface area contributed by atoms with Crippen molar-refractivity contribution >= 4 is 6.47 Å². The number of carbonyl (C=O) groups is 1. The van der Waals surface area contributed by atoms with Gasteiger partial charge in [-0.05, 0) is 6.42 Å². The van der Waals surface area contributed by atoms with E-state index in [-0.39, 0.29) is 6.10 Å². The van der Waals surface area contributed by atoms with E-state index >= 15 is 0 Å². The fourth-order valence-corrected chi connectivity index (χ4v) is 0.893. The number of ether oxygens (including phenoxy) is 1. The van der Waals surface area contributed by atoms with Gasteiger partial charge < -0.3 is 4.74 Å². The second kappa shape index (κ2) is 4.42. The smallest absolute Gasteiger partial charge is 0.293 e. The molecule has 0 saturated heterocycles. The molecule has 66 valence electrons. The van der Waals surface area contributed by atoms with Gasteiger partial charge in [-0.25, -0.2) is 0 Å². The quantitative estimate of drug-likeness (QED) is 0.639. The highest BCUT2D eigenvalue weighted by atomic mass is 16.5. The van der Waals surface area contributed by atoms with Gasteiger partial charge >= 0.3 is 0 Å². The molecule has 12 heavy (non-hydrogen) atoms. The van der Waals surface area contributed by atoms with Crippen LogP contribution in [-0.4, -0.2) is 27.1 Å². The van der Waals surface area contributed by atoms with E-state index in [9.17, 15) is 4.79 Å². The number of carbonyl (C=O) groups excluding carboxylic acids is 1. The number of hydrogen-bond donors (Lipinski definition) is 1. The predicted octanol–water partition coefficient (Wildman–Crippen LogP) is 0.214. The number of aromatic nitrogens is 4. The zero-order valence-electron chi connectivity index (χ0n) is 6.73. The SMILES string of the molecule is CCCC(OC=O)c1nn[nH]n1. The van der Waals surface area contributed by atoms with E-state index in [1.165, 1.54) is 0 Å². The topological polar surface area (TPSA) is 80.8 Å². The Balaban J connectivity index is 2.59. The first-order valence-corrected chi connectivity index (χ1v) is 3.71. The van der Waals surface area contributed by atoms with Crippen LogP contribution in [0.5, 0.6) is 0 Å². The number of nitrogens with one attached hydrogen (secondary N) is 1. The Morgan fingerprint density at radius 3 is 3.08 bits per heavy atom. The lowest BCUT2D eigenvalue weighted by molar-refractivity contribution is -0.134. The number of hydrogen-bond acceptors (Lipinski definition) is 5. The van der Waals surface area contributed by atoms with Crippen LogP contribution in [0.15, 0.2) is 0 Å². The van der Waals surface area contributed by atoms with Crippen LogP contribution >= 0.6 is 0 Å². The third-order valence-electron chi connectivity index (χ3n) is 1.42. The van der Waals surface area contributed by atoms with Crippen molar-refractivity contribution in [1.82, 2.24) is 20.6 Å². The van der Waals surface area contributed by atoms with E-state index in [0.717, 1.165) is 6.42 Å². The highest BCUT2D eigenvalue weighted by Gasteiger charge is 2.15. The van der Waals surface area contributed by atoms with Crippen molar-refractivity contribution in [2.24, 2.45) is 0 Å². The lowest BCUT2D eigenvalue weighted by atomic mass is 10.2. The van der Waals surface area contributed by atoms with Crippen LogP contribution in [0.25, 0.3) is 0 Å². The van der Waals surface area contributed by atoms with Gasteiger partial charge in [0, 0.05) is 0 Å². The summed E-state index contributed by atoms with van der Waals surface area (Å²) in [4.78, 5) is 10.1. The van der Waals surface area contributed by atoms with Crippen LogP contribution in [0.1, 0.15) is 31.7 Å². The number of aromatic amines is 1. The molecule has 0 bridgehead atoms. The molecule has 0 radical (unpaired) electrons. The van der Waals surface area contributed by atoms with Gasteiger partial charge in [0.15, 0.2) is 6.10 Å². The number of tetrazole rings is 1. The molecule has 0 aliphatic carbocycles. The van der Waals surface area contributed by atoms with Crippen molar-refractivity contribution in [2.45, 2.75) is 25.9 Å². The van der Waals surface area contributed by atoms with E-state index in [1.807, 2.05) is 6.92 Å². The second-order valence-corrected chi connectivity index (χ2v) is 2.28. The molecule has 1 atom stereocenters. The van der Waals surface area contributed by atoms with Crippen molar-refractivity contribution in [1.29, 1.82) is 0 Å². The molecule has 6 nitrogen and oxygen atoms in total. The number of rotatable bonds is 5. The summed E-state index contributed by atoms with van der Waals surface area (Å²) in [6, 6.07) is 0. The Hall–Kier alpha value is -1.46. The first-order chi connectivity index (χ1) is 5.88. The summed E-state index contributed by atoms with van der Waals surface area (Å²) in [5.74, 6) is 0.420. The molecule has 0 aliphatic rings. The van der Waals surface area contributed by atoms with E-state index in [2.05, 4.69) is 20.6 Å². The van der Waals surface area contributed by atoms with E-state index in [4.69, 9.17) is 4.74 Å². The molecule has 0 aromatic carbocycles. The van der Waals surface area contributed by atoms with Gasteiger partial charge in [0.2, 0.25) is 5.82 Å². The molecule has 1 aromatic rings. The maximum atomic E-state index is 10.1. The minimum atomic E-state index is -0.369. The van der Waals surface area contributed by atoms with Crippen molar-refractivity contribution in [3.8, 4) is 0 Å². The Morgan fingerprint density at radius 2 is 2.58 bits per heavy atom. The molecule has 0 amide bonds. The van der Waals surface area contributed by atoms with Crippen molar-refractivity contribution in [2.75, 3.05) is 0 Å². The Bertz CT molecular complexity index is 223. The van der Waals surface area contributed by atoms with Gasteiger partial charge in [-0.2, -0.15) is 5.21 Å². The summed E-state index contributed by atoms with van der Waals surface area (Å²) < 4.78 is 4.76. The molecule has 0 spiro atoms. The molecule has 0 aliphatic heterocycles. The summed E-state index contributed by atoms with van der Waals surface area (Å²) in [6.45, 7) is 2.39. The first-order valence-electron chi connectivity index (χ1n) is 3.71. The third-order valence-corrected chi connectivity index (χ3v) is 1.42. The molecular formula is C6H10N4O2. The number of nitrogens with zero attached hydrogens (tertiary/aromatic N) is 3. The monoisotopic (exact) mass is 170 g/mol. The largest absolute Gasteiger partial charge is 0.456 e. The summed E-state index contributed by atoms with van der Waals surface area (Å²) in [5.41, 5.74) is 0. The zero-order valence-corrected chi connectivity index (χ0v) is 6.73. The normalized spacial score (nSPS) is 12.4. The van der Waals surface area contributed by atoms with Crippen molar-refractivity contribution in [3.63, 3.8) is 0 Å². The van der Waals surface area contributed by atoms with Crippen LogP contribution in [0, 0.1) is 0 Å². The first kappa shape index (κ1) is 8.63. The maximum absolute atomic E-state index is 10.1. The molecule has 0 fully saturated rings. The number of H-pyrrole nitrogens is 1. The Labute approximate surface area is 69.3 Å². The van der Waals surface area contributed by atoms with E-state index in [1.54, 1.807) is 0 Å².